The van der Waals surface area contributed by atoms with Crippen LogP contribution in [0.15, 0.2) is 47.3 Å². The lowest BCUT2D eigenvalue weighted by atomic mass is 10.1. The third-order valence-corrected chi connectivity index (χ3v) is 2.89. The van der Waals surface area contributed by atoms with Gasteiger partial charge in [0.1, 0.15) is 0 Å². The Kier molecular flexibility index (Phi) is 4.23. The fraction of sp³-hybridized carbons (Fsp3) is 0.267. The maximum atomic E-state index is 11.9. The average Bonchev–Trinajstić information content (AvgIpc) is 2.84. The highest BCUT2D eigenvalue weighted by Gasteiger charge is 2.09. The summed E-state index contributed by atoms with van der Waals surface area (Å²) in [7, 11) is 0. The lowest BCUT2D eigenvalue weighted by Crippen LogP contribution is -2.37. The Morgan fingerprint density at radius 1 is 1.32 bits per heavy atom. The molecule has 2 rings (SSSR count). The summed E-state index contributed by atoms with van der Waals surface area (Å²) in [5, 5.41) is 5.75. The molecule has 1 atom stereocenters. The molecule has 4 nitrogen and oxygen atoms in total. The normalized spacial score (nSPS) is 11.9. The van der Waals surface area contributed by atoms with Crippen molar-refractivity contribution >= 4 is 11.7 Å². The van der Waals surface area contributed by atoms with Gasteiger partial charge in [-0.1, -0.05) is 18.2 Å². The maximum Gasteiger partial charge on any atom is 0.319 e. The standard InChI is InChI=1S/C15H18N2O2/c1-11-5-3-4-6-14(11)17-15(18)16-12(2)9-13-7-8-19-10-13/h3-8,10,12H,9H2,1-2H3,(H2,16,17,18)/t12-/m0/s1. The molecular weight excluding hydrogens is 240 g/mol. The van der Waals surface area contributed by atoms with Gasteiger partial charge in [-0.15, -0.1) is 0 Å². The molecule has 0 radical (unpaired) electrons. The number of anilines is 1. The second-order valence-electron chi connectivity index (χ2n) is 4.65. The largest absolute Gasteiger partial charge is 0.472 e. The highest BCUT2D eigenvalue weighted by Crippen LogP contribution is 2.12. The van der Waals surface area contributed by atoms with Gasteiger partial charge in [-0.05, 0) is 43.5 Å². The van der Waals surface area contributed by atoms with E-state index in [4.69, 9.17) is 4.42 Å². The van der Waals surface area contributed by atoms with E-state index in [9.17, 15) is 4.79 Å². The second-order valence-corrected chi connectivity index (χ2v) is 4.65. The highest BCUT2D eigenvalue weighted by atomic mass is 16.3. The predicted molar refractivity (Wildman–Crippen MR) is 75.2 cm³/mol. The number of carbonyl (C=O) groups is 1. The molecule has 2 N–H and O–H groups in total. The third kappa shape index (κ3) is 3.88. The summed E-state index contributed by atoms with van der Waals surface area (Å²) in [5.74, 6) is 0. The summed E-state index contributed by atoms with van der Waals surface area (Å²) in [6.07, 6.45) is 4.07. The third-order valence-electron chi connectivity index (χ3n) is 2.89. The van der Waals surface area contributed by atoms with Crippen molar-refractivity contribution in [3.05, 3.63) is 54.0 Å². The van der Waals surface area contributed by atoms with Gasteiger partial charge >= 0.3 is 6.03 Å². The van der Waals surface area contributed by atoms with Crippen molar-refractivity contribution in [1.82, 2.24) is 5.32 Å². The summed E-state index contributed by atoms with van der Waals surface area (Å²) >= 11 is 0. The summed E-state index contributed by atoms with van der Waals surface area (Å²) < 4.78 is 5.00. The average molecular weight is 258 g/mol. The Balaban J connectivity index is 1.86. The minimum atomic E-state index is -0.190. The van der Waals surface area contributed by atoms with E-state index in [0.29, 0.717) is 0 Å². The second kappa shape index (κ2) is 6.09. The SMILES string of the molecule is Cc1ccccc1NC(=O)N[C@@H](C)Cc1ccoc1. The number of rotatable bonds is 4. The molecule has 2 amide bonds. The van der Waals surface area contributed by atoms with Crippen LogP contribution in [0.1, 0.15) is 18.1 Å². The minimum absolute atomic E-state index is 0.0432. The number of amides is 2. The fourth-order valence-electron chi connectivity index (χ4n) is 1.91. The van der Waals surface area contributed by atoms with Crippen LogP contribution in [0.3, 0.4) is 0 Å². The Morgan fingerprint density at radius 2 is 2.11 bits per heavy atom. The molecule has 1 aromatic heterocycles. The Bertz CT molecular complexity index is 535. The molecule has 2 aromatic rings. The molecule has 0 spiro atoms. The van der Waals surface area contributed by atoms with Crippen molar-refractivity contribution in [3.8, 4) is 0 Å². The summed E-state index contributed by atoms with van der Waals surface area (Å²) in [6, 6.07) is 9.45. The summed E-state index contributed by atoms with van der Waals surface area (Å²) in [4.78, 5) is 11.9. The van der Waals surface area contributed by atoms with Crippen molar-refractivity contribution in [2.75, 3.05) is 5.32 Å². The first-order valence-electron chi connectivity index (χ1n) is 6.29. The molecule has 0 unspecified atom stereocenters. The van der Waals surface area contributed by atoms with Crippen LogP contribution in [-0.4, -0.2) is 12.1 Å². The van der Waals surface area contributed by atoms with Crippen LogP contribution in [0, 0.1) is 6.92 Å². The Morgan fingerprint density at radius 3 is 2.79 bits per heavy atom. The number of aryl methyl sites for hydroxylation is 1. The van der Waals surface area contributed by atoms with E-state index in [0.717, 1.165) is 23.2 Å². The minimum Gasteiger partial charge on any atom is -0.472 e. The van der Waals surface area contributed by atoms with Crippen molar-refractivity contribution in [3.63, 3.8) is 0 Å². The van der Waals surface area contributed by atoms with E-state index in [1.807, 2.05) is 44.2 Å². The van der Waals surface area contributed by atoms with Crippen molar-refractivity contribution in [2.24, 2.45) is 0 Å². The molecule has 1 aromatic carbocycles. The summed E-state index contributed by atoms with van der Waals surface area (Å²) in [5.41, 5.74) is 2.94. The molecule has 0 saturated heterocycles. The van der Waals surface area contributed by atoms with Crippen LogP contribution in [0.25, 0.3) is 0 Å². The smallest absolute Gasteiger partial charge is 0.319 e. The van der Waals surface area contributed by atoms with E-state index in [1.165, 1.54) is 0 Å². The zero-order valence-corrected chi connectivity index (χ0v) is 11.1. The molecule has 0 aliphatic heterocycles. The van der Waals surface area contributed by atoms with Crippen LogP contribution >= 0.6 is 0 Å². The quantitative estimate of drug-likeness (QED) is 0.883. The van der Waals surface area contributed by atoms with Crippen LogP contribution in [0.2, 0.25) is 0 Å². The molecule has 0 aliphatic rings. The Hall–Kier alpha value is -2.23. The van der Waals surface area contributed by atoms with Gasteiger partial charge in [-0.25, -0.2) is 4.79 Å². The molecule has 0 fully saturated rings. The van der Waals surface area contributed by atoms with Gasteiger partial charge in [0.2, 0.25) is 0 Å². The van der Waals surface area contributed by atoms with Gasteiger partial charge in [0.15, 0.2) is 0 Å². The van der Waals surface area contributed by atoms with Gasteiger partial charge in [0, 0.05) is 11.7 Å². The highest BCUT2D eigenvalue weighted by molar-refractivity contribution is 5.90. The molecule has 0 aliphatic carbocycles. The van der Waals surface area contributed by atoms with Crippen LogP contribution < -0.4 is 10.6 Å². The van der Waals surface area contributed by atoms with Crippen molar-refractivity contribution < 1.29 is 9.21 Å². The zero-order chi connectivity index (χ0) is 13.7. The molecule has 0 bridgehead atoms. The van der Waals surface area contributed by atoms with E-state index < -0.39 is 0 Å². The van der Waals surface area contributed by atoms with Crippen molar-refractivity contribution in [1.29, 1.82) is 0 Å². The number of para-hydroxylation sites is 1. The lowest BCUT2D eigenvalue weighted by Gasteiger charge is -2.14. The number of hydrogen-bond acceptors (Lipinski definition) is 2. The van der Waals surface area contributed by atoms with Crippen LogP contribution in [0.4, 0.5) is 10.5 Å². The fourth-order valence-corrected chi connectivity index (χ4v) is 1.91. The van der Waals surface area contributed by atoms with E-state index >= 15 is 0 Å². The molecule has 100 valence electrons. The zero-order valence-electron chi connectivity index (χ0n) is 11.1. The van der Waals surface area contributed by atoms with E-state index in [-0.39, 0.29) is 12.1 Å². The number of benzene rings is 1. The molecule has 1 heterocycles. The van der Waals surface area contributed by atoms with Crippen molar-refractivity contribution in [2.45, 2.75) is 26.3 Å². The first-order valence-corrected chi connectivity index (χ1v) is 6.29. The molecular formula is C15H18N2O2. The molecule has 0 saturated carbocycles. The number of hydrogen-bond donors (Lipinski definition) is 2. The number of carbonyl (C=O) groups excluding carboxylic acids is 1. The van der Waals surface area contributed by atoms with Gasteiger partial charge in [-0.3, -0.25) is 0 Å². The maximum absolute atomic E-state index is 11.9. The molecule has 19 heavy (non-hydrogen) atoms. The van der Waals surface area contributed by atoms with Crippen LogP contribution in [-0.2, 0) is 6.42 Å². The predicted octanol–water partition coefficient (Wildman–Crippen LogP) is 3.34. The topological polar surface area (TPSA) is 54.3 Å². The van der Waals surface area contributed by atoms with Gasteiger partial charge in [-0.2, -0.15) is 0 Å². The van der Waals surface area contributed by atoms with Gasteiger partial charge < -0.3 is 15.1 Å². The monoisotopic (exact) mass is 258 g/mol. The first-order chi connectivity index (χ1) is 9.15. The van der Waals surface area contributed by atoms with E-state index in [1.54, 1.807) is 12.5 Å². The van der Waals surface area contributed by atoms with E-state index in [2.05, 4.69) is 10.6 Å². The van der Waals surface area contributed by atoms with Gasteiger partial charge in [0.25, 0.3) is 0 Å². The number of furan rings is 1. The first kappa shape index (κ1) is 13.2. The number of urea groups is 1. The van der Waals surface area contributed by atoms with Gasteiger partial charge in [0.05, 0.1) is 12.5 Å². The Labute approximate surface area is 112 Å². The summed E-state index contributed by atoms with van der Waals surface area (Å²) in [6.45, 7) is 3.93. The van der Waals surface area contributed by atoms with Crippen LogP contribution in [0.5, 0.6) is 0 Å². The number of nitrogens with one attached hydrogen (secondary N) is 2. The lowest BCUT2D eigenvalue weighted by molar-refractivity contribution is 0.249. The molecule has 4 heteroatoms.